The lowest BCUT2D eigenvalue weighted by atomic mass is 10.3. The van der Waals surface area contributed by atoms with Crippen LogP contribution in [0.25, 0.3) is 0 Å². The number of ether oxygens (including phenoxy) is 1. The zero-order chi connectivity index (χ0) is 9.68. The van der Waals surface area contributed by atoms with Crippen LogP contribution < -0.4 is 10.5 Å². The Kier molecular flexibility index (Phi) is 3.76. The van der Waals surface area contributed by atoms with Crippen LogP contribution in [0.1, 0.15) is 0 Å². The van der Waals surface area contributed by atoms with Crippen molar-refractivity contribution in [2.45, 2.75) is 0 Å². The average molecular weight is 199 g/mol. The topological polar surface area (TPSA) is 52.3 Å². The third kappa shape index (κ3) is 3.94. The second-order valence-electron chi connectivity index (χ2n) is 2.70. The molecule has 0 aliphatic heterocycles. The van der Waals surface area contributed by atoms with Gasteiger partial charge in [0.05, 0.1) is 12.4 Å². The first-order valence-corrected chi connectivity index (χ1v) is 5.69. The molecular weight excluding hydrogens is 186 g/mol. The van der Waals surface area contributed by atoms with Crippen LogP contribution in [0.15, 0.2) is 24.3 Å². The van der Waals surface area contributed by atoms with Gasteiger partial charge in [0.2, 0.25) is 0 Å². The molecule has 1 aromatic rings. The van der Waals surface area contributed by atoms with E-state index >= 15 is 0 Å². The standard InChI is InChI=1S/C9H13NO2S/c1-13(11)6-5-12-9-4-2-3-8(10)7-9/h2-4,7H,5-6,10H2,1H3. The van der Waals surface area contributed by atoms with Gasteiger partial charge in [0.15, 0.2) is 0 Å². The number of hydrogen-bond acceptors (Lipinski definition) is 3. The third-order valence-corrected chi connectivity index (χ3v) is 2.24. The van der Waals surface area contributed by atoms with E-state index < -0.39 is 10.8 Å². The van der Waals surface area contributed by atoms with Gasteiger partial charge in [-0.25, -0.2) is 0 Å². The second-order valence-corrected chi connectivity index (χ2v) is 4.25. The predicted octanol–water partition coefficient (Wildman–Crippen LogP) is 1.03. The summed E-state index contributed by atoms with van der Waals surface area (Å²) in [5.74, 6) is 1.28. The molecule has 0 radical (unpaired) electrons. The molecule has 0 fully saturated rings. The van der Waals surface area contributed by atoms with Gasteiger partial charge in [0.1, 0.15) is 5.75 Å². The maximum Gasteiger partial charge on any atom is 0.121 e. The molecule has 72 valence electrons. The highest BCUT2D eigenvalue weighted by atomic mass is 32.2. The van der Waals surface area contributed by atoms with Crippen LogP contribution in [0.2, 0.25) is 0 Å². The van der Waals surface area contributed by atoms with E-state index in [2.05, 4.69) is 0 Å². The van der Waals surface area contributed by atoms with Gasteiger partial charge < -0.3 is 10.5 Å². The molecule has 1 unspecified atom stereocenters. The number of benzene rings is 1. The van der Waals surface area contributed by atoms with Gasteiger partial charge >= 0.3 is 0 Å². The first-order chi connectivity index (χ1) is 6.18. The van der Waals surface area contributed by atoms with Crippen molar-refractivity contribution in [2.75, 3.05) is 24.3 Å². The zero-order valence-electron chi connectivity index (χ0n) is 7.53. The molecular formula is C9H13NO2S. The summed E-state index contributed by atoms with van der Waals surface area (Å²) < 4.78 is 16.0. The van der Waals surface area contributed by atoms with Gasteiger partial charge in [0, 0.05) is 28.8 Å². The Balaban J connectivity index is 2.41. The Morgan fingerprint density at radius 3 is 2.92 bits per heavy atom. The van der Waals surface area contributed by atoms with E-state index in [0.29, 0.717) is 18.0 Å². The Hall–Kier alpha value is -1.03. The Morgan fingerprint density at radius 1 is 1.54 bits per heavy atom. The quantitative estimate of drug-likeness (QED) is 0.737. The fraction of sp³-hybridized carbons (Fsp3) is 0.333. The maximum atomic E-state index is 10.7. The van der Waals surface area contributed by atoms with E-state index in [1.807, 2.05) is 12.1 Å². The first kappa shape index (κ1) is 10.1. The second kappa shape index (κ2) is 4.87. The number of nitrogen functional groups attached to an aromatic ring is 1. The lowest BCUT2D eigenvalue weighted by Gasteiger charge is -2.04. The van der Waals surface area contributed by atoms with Crippen molar-refractivity contribution in [2.24, 2.45) is 0 Å². The first-order valence-electron chi connectivity index (χ1n) is 3.97. The number of nitrogens with two attached hydrogens (primary N) is 1. The fourth-order valence-corrected chi connectivity index (χ4v) is 1.20. The highest BCUT2D eigenvalue weighted by Gasteiger charge is 1.95. The summed E-state index contributed by atoms with van der Waals surface area (Å²) in [6.07, 6.45) is 1.66. The molecule has 0 saturated carbocycles. The van der Waals surface area contributed by atoms with E-state index in [-0.39, 0.29) is 0 Å². The van der Waals surface area contributed by atoms with Crippen molar-refractivity contribution in [3.05, 3.63) is 24.3 Å². The molecule has 0 amide bonds. The van der Waals surface area contributed by atoms with Crippen LogP contribution in [0.3, 0.4) is 0 Å². The molecule has 1 rings (SSSR count). The maximum absolute atomic E-state index is 10.7. The summed E-state index contributed by atoms with van der Waals surface area (Å²) in [6.45, 7) is 0.465. The van der Waals surface area contributed by atoms with E-state index in [1.165, 1.54) is 0 Å². The van der Waals surface area contributed by atoms with Crippen LogP contribution in [-0.4, -0.2) is 22.8 Å². The Labute approximate surface area is 80.4 Å². The van der Waals surface area contributed by atoms with Crippen molar-refractivity contribution in [3.63, 3.8) is 0 Å². The average Bonchev–Trinajstić information content (AvgIpc) is 2.03. The third-order valence-electron chi connectivity index (χ3n) is 1.50. The molecule has 2 N–H and O–H groups in total. The number of rotatable bonds is 4. The number of anilines is 1. The molecule has 3 nitrogen and oxygen atoms in total. The van der Waals surface area contributed by atoms with Gasteiger partial charge in [-0.3, -0.25) is 4.21 Å². The molecule has 0 aliphatic carbocycles. The monoisotopic (exact) mass is 199 g/mol. The molecule has 0 heterocycles. The summed E-state index contributed by atoms with van der Waals surface area (Å²) in [5.41, 5.74) is 6.23. The van der Waals surface area contributed by atoms with Crippen LogP contribution in [0.4, 0.5) is 5.69 Å². The molecule has 4 heteroatoms. The molecule has 0 saturated heterocycles. The minimum absolute atomic E-state index is 0.465. The fourth-order valence-electron chi connectivity index (χ4n) is 0.881. The van der Waals surface area contributed by atoms with Gasteiger partial charge in [-0.15, -0.1) is 0 Å². The summed E-state index contributed by atoms with van der Waals surface area (Å²) in [5, 5.41) is 0. The molecule has 0 aliphatic rings. The van der Waals surface area contributed by atoms with Crippen molar-refractivity contribution < 1.29 is 8.95 Å². The lowest BCUT2D eigenvalue weighted by molar-refractivity contribution is 0.343. The lowest BCUT2D eigenvalue weighted by Crippen LogP contribution is -2.06. The van der Waals surface area contributed by atoms with E-state index in [9.17, 15) is 4.21 Å². The van der Waals surface area contributed by atoms with Gasteiger partial charge in [-0.1, -0.05) is 6.07 Å². The highest BCUT2D eigenvalue weighted by Crippen LogP contribution is 2.13. The molecule has 1 aromatic carbocycles. The molecule has 0 spiro atoms. The summed E-state index contributed by atoms with van der Waals surface area (Å²) >= 11 is 0. The highest BCUT2D eigenvalue weighted by molar-refractivity contribution is 7.84. The minimum atomic E-state index is -0.801. The minimum Gasteiger partial charge on any atom is -0.493 e. The van der Waals surface area contributed by atoms with Crippen molar-refractivity contribution in [3.8, 4) is 5.75 Å². The molecule has 1 atom stereocenters. The van der Waals surface area contributed by atoms with Gasteiger partial charge in [-0.2, -0.15) is 0 Å². The summed E-state index contributed by atoms with van der Waals surface area (Å²) in [6, 6.07) is 7.20. The smallest absolute Gasteiger partial charge is 0.121 e. The van der Waals surface area contributed by atoms with Crippen LogP contribution in [-0.2, 0) is 10.8 Å². The molecule has 0 bridgehead atoms. The summed E-state index contributed by atoms with van der Waals surface area (Å²) in [4.78, 5) is 0. The molecule has 0 aromatic heterocycles. The summed E-state index contributed by atoms with van der Waals surface area (Å²) in [7, 11) is -0.801. The zero-order valence-corrected chi connectivity index (χ0v) is 8.34. The number of hydrogen-bond donors (Lipinski definition) is 1. The normalized spacial score (nSPS) is 12.4. The van der Waals surface area contributed by atoms with E-state index in [4.69, 9.17) is 10.5 Å². The largest absolute Gasteiger partial charge is 0.493 e. The van der Waals surface area contributed by atoms with Crippen molar-refractivity contribution in [1.29, 1.82) is 0 Å². The van der Waals surface area contributed by atoms with Crippen LogP contribution in [0.5, 0.6) is 5.75 Å². The van der Waals surface area contributed by atoms with Gasteiger partial charge in [-0.05, 0) is 12.1 Å². The SMILES string of the molecule is CS(=O)CCOc1cccc(N)c1. The van der Waals surface area contributed by atoms with Crippen molar-refractivity contribution >= 4 is 16.5 Å². The predicted molar refractivity (Wildman–Crippen MR) is 55.3 cm³/mol. The molecule has 13 heavy (non-hydrogen) atoms. The van der Waals surface area contributed by atoms with Crippen molar-refractivity contribution in [1.82, 2.24) is 0 Å². The Bertz CT molecular complexity index is 301. The van der Waals surface area contributed by atoms with Crippen LogP contribution in [0, 0.1) is 0 Å². The van der Waals surface area contributed by atoms with E-state index in [0.717, 1.165) is 5.75 Å². The van der Waals surface area contributed by atoms with Gasteiger partial charge in [0.25, 0.3) is 0 Å². The van der Waals surface area contributed by atoms with Crippen LogP contribution >= 0.6 is 0 Å². The van der Waals surface area contributed by atoms with E-state index in [1.54, 1.807) is 18.4 Å². The Morgan fingerprint density at radius 2 is 2.31 bits per heavy atom.